The number of allylic oxidation sites excluding steroid dienone is 2. The minimum absolute atomic E-state index is 0.0659. The van der Waals surface area contributed by atoms with Crippen LogP contribution < -0.4 is 5.32 Å². The summed E-state index contributed by atoms with van der Waals surface area (Å²) in [5, 5.41) is 126. The van der Waals surface area contributed by atoms with Gasteiger partial charge in [0.1, 0.15) is 78.7 Å². The summed E-state index contributed by atoms with van der Waals surface area (Å²) in [6.07, 6.45) is -15.6. The molecular formula is C63H105NO22. The molecule has 494 valence electrons. The molecule has 9 aliphatic rings. The molecule has 4 saturated carbocycles. The molecule has 12 N–H and O–H groups in total. The number of unbranched alkanes of at least 4 members (excludes halogenated alkanes) is 6. The van der Waals surface area contributed by atoms with Gasteiger partial charge in [-0.2, -0.15) is 0 Å². The standard InChI is InChI=1S/C63H105NO22/c1-11-12-13-14-15-16-17-18-41(67)64-29-36-44(70)45(71)49(75)55(82-36)83-40-22-23-59(6)37-20-19-33-34-27-58(4,5)25-26-63(34,39(66)28-61(33,8)60(37,7)24-21-38(59)62(40,9)78-10)57(77)86-56-52(46(72)42(68)31(2)80-56)85-54-50(76)47(73)51(32(3)81-54)84-53-48(74)43(69)35(65)30-79-53/h19,31-32,34-40,42-56,65-66,68-76H,11-18,20-30H2,1-10H3,(H,64,67)/t31?,32?,34?,35-,36?,37?,38-,39?,40+,42+,43+,44-,45+,46+,47-,48?,49?,50?,51+,52?,53+,54+,55+,56+,59?,60+,61-,62-,63-/m1/s1. The fourth-order valence-corrected chi connectivity index (χ4v) is 17.7. The SMILES string of the molecule is CCCCCCCCCC(=O)NCC1O[C@@H](O[C@H]2CCC3(C)C4CC=C5C6CC(C)(C)CC[C@]6(C(=O)O[C@@H]6OC(C)[C@H](O)[C@H](O)C6O[C@@H]6OC(C)[C@H](O[C@@H]7OC[C@@H](O)[C@H](O)C7O)[C@H](O)C6O)C(O)C[C@@]5(C)[C@@]4(C)CC[C@H]3[C@@]2(C)OC)C(O)[C@@H](O)[C@@H]1O. The summed E-state index contributed by atoms with van der Waals surface area (Å²) in [5.74, 6) is -1.44. The summed E-state index contributed by atoms with van der Waals surface area (Å²) in [6, 6.07) is 0. The largest absolute Gasteiger partial charge is 0.432 e. The van der Waals surface area contributed by atoms with Crippen molar-refractivity contribution in [2.45, 2.75) is 306 Å². The Labute approximate surface area is 506 Å². The van der Waals surface area contributed by atoms with Crippen LogP contribution in [0.2, 0.25) is 0 Å². The number of aliphatic hydroxyl groups is 11. The fraction of sp³-hybridized carbons (Fsp3) is 0.937. The molecule has 8 fully saturated rings. The monoisotopic (exact) mass is 1230 g/mol. The van der Waals surface area contributed by atoms with Crippen molar-refractivity contribution in [3.8, 4) is 0 Å². The molecule has 86 heavy (non-hydrogen) atoms. The maximum Gasteiger partial charge on any atom is 0.317 e. The highest BCUT2D eigenvalue weighted by atomic mass is 16.8. The van der Waals surface area contributed by atoms with Crippen molar-refractivity contribution in [1.82, 2.24) is 5.32 Å². The zero-order chi connectivity index (χ0) is 62.8. The molecule has 0 spiro atoms. The molecule has 1 amide bonds. The summed E-state index contributed by atoms with van der Waals surface area (Å²) < 4.78 is 55.2. The number of ether oxygens (including phenoxy) is 9. The van der Waals surface area contributed by atoms with E-state index >= 15 is 4.79 Å². The summed E-state index contributed by atoms with van der Waals surface area (Å²) >= 11 is 0. The lowest BCUT2D eigenvalue weighted by atomic mass is 9.34. The highest BCUT2D eigenvalue weighted by Gasteiger charge is 2.73. The lowest BCUT2D eigenvalue weighted by molar-refractivity contribution is -0.373. The molecule has 29 atom stereocenters. The first-order chi connectivity index (χ1) is 40.4. The van der Waals surface area contributed by atoms with Gasteiger partial charge in [0.05, 0.1) is 36.6 Å². The average Bonchev–Trinajstić information content (AvgIpc) is 0.714. The number of amides is 1. The molecule has 5 aliphatic carbocycles. The van der Waals surface area contributed by atoms with Gasteiger partial charge in [-0.1, -0.05) is 91.7 Å². The van der Waals surface area contributed by atoms with Crippen molar-refractivity contribution in [3.05, 3.63) is 11.6 Å². The third-order valence-corrected chi connectivity index (χ3v) is 23.3. The molecule has 0 aromatic rings. The van der Waals surface area contributed by atoms with Gasteiger partial charge in [0.15, 0.2) is 25.0 Å². The Morgan fingerprint density at radius 2 is 1.26 bits per heavy atom. The first-order valence-electron chi connectivity index (χ1n) is 32.2. The molecule has 11 unspecified atom stereocenters. The van der Waals surface area contributed by atoms with Crippen LogP contribution in [-0.2, 0) is 52.2 Å². The van der Waals surface area contributed by atoms with Crippen LogP contribution in [0.4, 0.5) is 0 Å². The van der Waals surface area contributed by atoms with Gasteiger partial charge in [0.2, 0.25) is 12.2 Å². The molecule has 0 bridgehead atoms. The average molecular weight is 1230 g/mol. The van der Waals surface area contributed by atoms with Gasteiger partial charge in [-0.15, -0.1) is 0 Å². The Morgan fingerprint density at radius 3 is 1.95 bits per heavy atom. The van der Waals surface area contributed by atoms with Gasteiger partial charge < -0.3 is 104 Å². The maximum atomic E-state index is 15.5. The molecule has 23 heteroatoms. The number of carbonyl (C=O) groups is 2. The van der Waals surface area contributed by atoms with Crippen LogP contribution in [0.3, 0.4) is 0 Å². The summed E-state index contributed by atoms with van der Waals surface area (Å²) in [6.45, 7) is 18.0. The topological polar surface area (TPSA) is 352 Å². The molecule has 0 aromatic carbocycles. The smallest absolute Gasteiger partial charge is 0.317 e. The normalized spacial score (nSPS) is 50.1. The van der Waals surface area contributed by atoms with Gasteiger partial charge >= 0.3 is 5.97 Å². The molecular weight excluding hydrogens is 1120 g/mol. The maximum absolute atomic E-state index is 15.5. The van der Waals surface area contributed by atoms with Crippen molar-refractivity contribution in [3.63, 3.8) is 0 Å². The Bertz CT molecular complexity index is 2350. The third kappa shape index (κ3) is 12.3. The van der Waals surface area contributed by atoms with E-state index in [4.69, 9.17) is 42.6 Å². The highest BCUT2D eigenvalue weighted by Crippen LogP contribution is 2.75. The highest BCUT2D eigenvalue weighted by molar-refractivity contribution is 5.80. The van der Waals surface area contributed by atoms with E-state index in [-0.39, 0.29) is 54.6 Å². The Hall–Kier alpha value is -2.08. The minimum atomic E-state index is -1.89. The van der Waals surface area contributed by atoms with Gasteiger partial charge in [-0.25, -0.2) is 0 Å². The summed E-state index contributed by atoms with van der Waals surface area (Å²) in [5.41, 5.74) is -2.92. The van der Waals surface area contributed by atoms with Crippen LogP contribution >= 0.6 is 0 Å². The van der Waals surface area contributed by atoms with E-state index in [9.17, 15) is 61.0 Å². The van der Waals surface area contributed by atoms with Crippen LogP contribution in [-0.4, -0.2) is 223 Å². The van der Waals surface area contributed by atoms with Crippen LogP contribution in [0.25, 0.3) is 0 Å². The van der Waals surface area contributed by atoms with Gasteiger partial charge in [0.25, 0.3) is 0 Å². The number of esters is 1. The predicted molar refractivity (Wildman–Crippen MR) is 306 cm³/mol. The quantitative estimate of drug-likeness (QED) is 0.0382. The lowest BCUT2D eigenvalue weighted by Crippen LogP contribution is -2.70. The number of hydrogen-bond donors (Lipinski definition) is 12. The summed E-state index contributed by atoms with van der Waals surface area (Å²) in [7, 11) is 1.67. The van der Waals surface area contributed by atoms with Crippen molar-refractivity contribution in [1.29, 1.82) is 0 Å². The van der Waals surface area contributed by atoms with Gasteiger partial charge in [-0.05, 0) is 124 Å². The molecule has 9 rings (SSSR count). The Kier molecular flexibility index (Phi) is 21.0. The second-order valence-electron chi connectivity index (χ2n) is 29.0. The molecule has 0 radical (unpaired) electrons. The number of aliphatic hydroxyl groups excluding tert-OH is 11. The first-order valence-corrected chi connectivity index (χ1v) is 32.2. The number of fused-ring (bicyclic) bond motifs is 7. The van der Waals surface area contributed by atoms with Crippen molar-refractivity contribution in [2.75, 3.05) is 20.3 Å². The van der Waals surface area contributed by atoms with E-state index in [0.717, 1.165) is 37.7 Å². The van der Waals surface area contributed by atoms with Gasteiger partial charge in [0, 0.05) is 20.1 Å². The van der Waals surface area contributed by atoms with E-state index < -0.39 is 163 Å². The Morgan fingerprint density at radius 1 is 0.628 bits per heavy atom. The number of carbonyl (C=O) groups excluding carboxylic acids is 2. The molecule has 23 nitrogen and oxygen atoms in total. The van der Waals surface area contributed by atoms with Crippen molar-refractivity contribution in [2.24, 2.45) is 44.8 Å². The zero-order valence-electron chi connectivity index (χ0n) is 52.3. The lowest BCUT2D eigenvalue weighted by Gasteiger charge is -2.71. The summed E-state index contributed by atoms with van der Waals surface area (Å²) in [4.78, 5) is 28.4. The second kappa shape index (κ2) is 26.5. The fourth-order valence-electron chi connectivity index (χ4n) is 17.7. The number of methoxy groups -OCH3 is 1. The zero-order valence-corrected chi connectivity index (χ0v) is 52.3. The molecule has 4 saturated heterocycles. The second-order valence-corrected chi connectivity index (χ2v) is 29.0. The molecule has 4 aliphatic heterocycles. The van der Waals surface area contributed by atoms with Crippen LogP contribution in [0.5, 0.6) is 0 Å². The van der Waals surface area contributed by atoms with E-state index in [1.807, 2.05) is 6.92 Å². The van der Waals surface area contributed by atoms with Crippen molar-refractivity contribution < 1.29 is 108 Å². The van der Waals surface area contributed by atoms with Gasteiger partial charge in [-0.3, -0.25) is 9.59 Å². The Balaban J connectivity index is 0.906. The van der Waals surface area contributed by atoms with Crippen LogP contribution in [0.15, 0.2) is 11.6 Å². The third-order valence-electron chi connectivity index (χ3n) is 23.3. The molecule has 4 heterocycles. The first kappa shape index (κ1) is 68.3. The van der Waals surface area contributed by atoms with E-state index in [2.05, 4.69) is 52.9 Å². The number of rotatable bonds is 19. The van der Waals surface area contributed by atoms with E-state index in [1.54, 1.807) is 7.11 Å². The predicted octanol–water partition coefficient (Wildman–Crippen LogP) is 2.27. The minimum Gasteiger partial charge on any atom is -0.432 e. The molecule has 0 aromatic heterocycles. The van der Waals surface area contributed by atoms with Crippen LogP contribution in [0, 0.1) is 44.8 Å². The number of hydrogen-bond acceptors (Lipinski definition) is 22. The van der Waals surface area contributed by atoms with E-state index in [0.29, 0.717) is 44.9 Å². The van der Waals surface area contributed by atoms with E-state index in [1.165, 1.54) is 33.1 Å². The van der Waals surface area contributed by atoms with Crippen molar-refractivity contribution >= 4 is 11.9 Å². The van der Waals surface area contributed by atoms with Crippen LogP contribution in [0.1, 0.15) is 171 Å². The number of nitrogens with one attached hydrogen (secondary N) is 1.